The van der Waals surface area contributed by atoms with Gasteiger partial charge in [0.1, 0.15) is 17.1 Å². The van der Waals surface area contributed by atoms with Gasteiger partial charge >= 0.3 is 5.97 Å². The molecule has 1 fully saturated rings. The van der Waals surface area contributed by atoms with Crippen molar-refractivity contribution in [1.82, 2.24) is 5.32 Å². The van der Waals surface area contributed by atoms with Gasteiger partial charge in [-0.2, -0.15) is 0 Å². The van der Waals surface area contributed by atoms with E-state index in [0.717, 1.165) is 12.8 Å². The minimum atomic E-state index is -1.01. The van der Waals surface area contributed by atoms with Crippen molar-refractivity contribution in [2.75, 3.05) is 0 Å². The van der Waals surface area contributed by atoms with Crippen molar-refractivity contribution >= 4 is 11.9 Å². The van der Waals surface area contributed by atoms with E-state index in [4.69, 9.17) is 9.52 Å². The maximum atomic E-state index is 11.8. The summed E-state index contributed by atoms with van der Waals surface area (Å²) in [5.41, 5.74) is 0.154. The zero-order valence-electron chi connectivity index (χ0n) is 11.8. The second kappa shape index (κ2) is 6.59. The van der Waals surface area contributed by atoms with Crippen molar-refractivity contribution in [2.45, 2.75) is 52.0 Å². The van der Waals surface area contributed by atoms with Crippen LogP contribution in [-0.4, -0.2) is 17.0 Å². The summed E-state index contributed by atoms with van der Waals surface area (Å²) in [4.78, 5) is 22.7. The molecule has 1 aromatic heterocycles. The zero-order chi connectivity index (χ0) is 14.5. The van der Waals surface area contributed by atoms with Crippen LogP contribution in [0.5, 0.6) is 0 Å². The minimum Gasteiger partial charge on any atom is -0.478 e. The number of furan rings is 1. The molecule has 0 aliphatic heterocycles. The largest absolute Gasteiger partial charge is 0.478 e. The fourth-order valence-corrected chi connectivity index (χ4v) is 2.75. The third-order valence-electron chi connectivity index (χ3n) is 3.86. The molecule has 0 spiro atoms. The van der Waals surface area contributed by atoms with Crippen molar-refractivity contribution in [1.29, 1.82) is 0 Å². The molecule has 0 radical (unpaired) electrons. The lowest BCUT2D eigenvalue weighted by molar-refractivity contribution is -0.122. The van der Waals surface area contributed by atoms with Gasteiger partial charge in [-0.3, -0.25) is 4.79 Å². The Morgan fingerprint density at radius 1 is 1.35 bits per heavy atom. The highest BCUT2D eigenvalue weighted by Gasteiger charge is 2.18. The number of hydrogen-bond acceptors (Lipinski definition) is 3. The average molecular weight is 279 g/mol. The van der Waals surface area contributed by atoms with Crippen LogP contribution in [0.1, 0.15) is 60.4 Å². The average Bonchev–Trinajstić information content (AvgIpc) is 2.79. The van der Waals surface area contributed by atoms with Gasteiger partial charge in [0.25, 0.3) is 0 Å². The Balaban J connectivity index is 1.80. The van der Waals surface area contributed by atoms with E-state index in [2.05, 4.69) is 5.32 Å². The number of nitrogens with one attached hydrogen (secondary N) is 1. The van der Waals surface area contributed by atoms with Gasteiger partial charge < -0.3 is 14.8 Å². The monoisotopic (exact) mass is 279 g/mol. The van der Waals surface area contributed by atoms with Gasteiger partial charge in [0, 0.05) is 6.42 Å². The fraction of sp³-hybridized carbons (Fsp3) is 0.600. The molecule has 2 rings (SSSR count). The second-order valence-corrected chi connectivity index (χ2v) is 5.47. The van der Waals surface area contributed by atoms with Gasteiger partial charge in [-0.15, -0.1) is 0 Å². The maximum Gasteiger partial charge on any atom is 0.339 e. The van der Waals surface area contributed by atoms with Gasteiger partial charge in [-0.25, -0.2) is 4.79 Å². The lowest BCUT2D eigenvalue weighted by atomic mass is 9.87. The predicted molar refractivity (Wildman–Crippen MR) is 73.4 cm³/mol. The quantitative estimate of drug-likeness (QED) is 0.868. The third-order valence-corrected chi connectivity index (χ3v) is 3.86. The zero-order valence-corrected chi connectivity index (χ0v) is 11.8. The van der Waals surface area contributed by atoms with E-state index < -0.39 is 5.97 Å². The number of carbonyl (C=O) groups is 2. The van der Waals surface area contributed by atoms with E-state index in [1.807, 2.05) is 0 Å². The third kappa shape index (κ3) is 3.85. The van der Waals surface area contributed by atoms with Crippen LogP contribution in [0.4, 0.5) is 0 Å². The summed E-state index contributed by atoms with van der Waals surface area (Å²) >= 11 is 0. The van der Waals surface area contributed by atoms with Gasteiger partial charge in [0.2, 0.25) is 5.91 Å². The molecule has 0 unspecified atom stereocenters. The lowest BCUT2D eigenvalue weighted by Gasteiger charge is -2.20. The molecule has 0 saturated heterocycles. The van der Waals surface area contributed by atoms with E-state index >= 15 is 0 Å². The number of carboxylic acids is 1. The van der Waals surface area contributed by atoms with E-state index in [0.29, 0.717) is 23.9 Å². The topological polar surface area (TPSA) is 79.5 Å². The molecule has 1 aliphatic rings. The standard InChI is InChI=1S/C15H21NO4/c1-10-13(15(18)19)8-12(20-10)9-16-14(17)7-11-5-3-2-4-6-11/h8,11H,2-7,9H2,1H3,(H,16,17)(H,18,19). The summed E-state index contributed by atoms with van der Waals surface area (Å²) in [5.74, 6) is 0.358. The van der Waals surface area contributed by atoms with E-state index in [-0.39, 0.29) is 18.0 Å². The van der Waals surface area contributed by atoms with Gasteiger partial charge in [0.05, 0.1) is 6.54 Å². The molecule has 2 N–H and O–H groups in total. The van der Waals surface area contributed by atoms with Gasteiger partial charge in [-0.1, -0.05) is 19.3 Å². The number of rotatable bonds is 5. The minimum absolute atomic E-state index is 0.0165. The molecule has 0 aromatic carbocycles. The highest BCUT2D eigenvalue weighted by molar-refractivity contribution is 5.88. The molecule has 0 atom stereocenters. The summed E-state index contributed by atoms with van der Waals surface area (Å²) < 4.78 is 5.32. The molecule has 1 aliphatic carbocycles. The van der Waals surface area contributed by atoms with Crippen molar-refractivity contribution in [3.8, 4) is 0 Å². The number of hydrogen-bond donors (Lipinski definition) is 2. The van der Waals surface area contributed by atoms with Crippen molar-refractivity contribution in [3.05, 3.63) is 23.2 Å². The highest BCUT2D eigenvalue weighted by Crippen LogP contribution is 2.26. The number of amides is 1. The van der Waals surface area contributed by atoms with E-state index in [1.54, 1.807) is 6.92 Å². The summed E-state index contributed by atoms with van der Waals surface area (Å²) in [7, 11) is 0. The number of carbonyl (C=O) groups excluding carboxylic acids is 1. The van der Waals surface area contributed by atoms with E-state index in [1.165, 1.54) is 25.3 Å². The number of carboxylic acid groups (broad SMARTS) is 1. The predicted octanol–water partition coefficient (Wildman–Crippen LogP) is 2.87. The SMILES string of the molecule is Cc1oc(CNC(=O)CC2CCCCC2)cc1C(=O)O. The fourth-order valence-electron chi connectivity index (χ4n) is 2.75. The van der Waals surface area contributed by atoms with Gasteiger partial charge in [0.15, 0.2) is 0 Å². The molecular weight excluding hydrogens is 258 g/mol. The number of aromatic carboxylic acids is 1. The lowest BCUT2D eigenvalue weighted by Crippen LogP contribution is -2.25. The van der Waals surface area contributed by atoms with Crippen molar-refractivity contribution < 1.29 is 19.1 Å². The molecule has 1 heterocycles. The molecule has 0 bridgehead atoms. The van der Waals surface area contributed by atoms with Crippen LogP contribution < -0.4 is 5.32 Å². The second-order valence-electron chi connectivity index (χ2n) is 5.47. The molecule has 20 heavy (non-hydrogen) atoms. The van der Waals surface area contributed by atoms with Crippen LogP contribution in [0.15, 0.2) is 10.5 Å². The van der Waals surface area contributed by atoms with Crippen LogP contribution in [0.25, 0.3) is 0 Å². The first-order valence-corrected chi connectivity index (χ1v) is 7.15. The van der Waals surface area contributed by atoms with Crippen molar-refractivity contribution in [2.24, 2.45) is 5.92 Å². The summed E-state index contributed by atoms with van der Waals surface area (Å²) in [6.07, 6.45) is 6.55. The smallest absolute Gasteiger partial charge is 0.339 e. The molecule has 110 valence electrons. The Bertz CT molecular complexity index is 486. The summed E-state index contributed by atoms with van der Waals surface area (Å²) in [6.45, 7) is 1.86. The first-order valence-electron chi connectivity index (χ1n) is 7.15. The van der Waals surface area contributed by atoms with E-state index in [9.17, 15) is 9.59 Å². The normalized spacial score (nSPS) is 16.1. The first kappa shape index (κ1) is 14.6. The summed E-state index contributed by atoms with van der Waals surface area (Å²) in [6, 6.07) is 1.47. The number of aryl methyl sites for hydroxylation is 1. The first-order chi connectivity index (χ1) is 9.56. The Labute approximate surface area is 118 Å². The molecular formula is C15H21NO4. The maximum absolute atomic E-state index is 11.8. The molecule has 5 nitrogen and oxygen atoms in total. The van der Waals surface area contributed by atoms with Crippen LogP contribution in [0.3, 0.4) is 0 Å². The Kier molecular flexibility index (Phi) is 4.82. The highest BCUT2D eigenvalue weighted by atomic mass is 16.4. The van der Waals surface area contributed by atoms with Crippen LogP contribution >= 0.6 is 0 Å². The summed E-state index contributed by atoms with van der Waals surface area (Å²) in [5, 5.41) is 11.7. The molecule has 5 heteroatoms. The Hall–Kier alpha value is -1.78. The van der Waals surface area contributed by atoms with Crippen LogP contribution in [0, 0.1) is 12.8 Å². The van der Waals surface area contributed by atoms with Crippen LogP contribution in [0.2, 0.25) is 0 Å². The molecule has 1 saturated carbocycles. The molecule has 1 aromatic rings. The van der Waals surface area contributed by atoms with Crippen molar-refractivity contribution in [3.63, 3.8) is 0 Å². The van der Waals surface area contributed by atoms with Crippen LogP contribution in [-0.2, 0) is 11.3 Å². The Morgan fingerprint density at radius 3 is 2.65 bits per heavy atom. The molecule has 1 amide bonds. The van der Waals surface area contributed by atoms with Gasteiger partial charge in [-0.05, 0) is 31.7 Å². The Morgan fingerprint density at radius 2 is 2.05 bits per heavy atom.